The molecule has 2 aromatic carbocycles. The van der Waals surface area contributed by atoms with E-state index >= 15 is 0 Å². The highest BCUT2D eigenvalue weighted by atomic mass is 35.5. The zero-order valence-electron chi connectivity index (χ0n) is 13.8. The molecule has 0 saturated heterocycles. The fourth-order valence-electron chi connectivity index (χ4n) is 2.99. The summed E-state index contributed by atoms with van der Waals surface area (Å²) >= 11 is 7.48. The summed E-state index contributed by atoms with van der Waals surface area (Å²) in [6, 6.07) is 18.4. The number of rotatable bonds is 4. The molecule has 0 N–H and O–H groups in total. The van der Waals surface area contributed by atoms with Gasteiger partial charge in [0.25, 0.3) is 5.56 Å². The molecule has 130 valence electrons. The number of halogens is 1. The third-order valence-electron chi connectivity index (χ3n) is 4.28. The zero-order valence-corrected chi connectivity index (χ0v) is 15.3. The van der Waals surface area contributed by atoms with Crippen LogP contribution in [0.4, 0.5) is 0 Å². The molecule has 0 aliphatic heterocycles. The Bertz CT molecular complexity index is 1180. The van der Waals surface area contributed by atoms with Crippen molar-refractivity contribution in [3.8, 4) is 0 Å². The fraction of sp³-hybridized carbons (Fsp3) is 0.100. The number of fused-ring (bicyclic) bond motifs is 1. The third-order valence-corrected chi connectivity index (χ3v) is 5.39. The molecular weight excluding hydrogens is 368 g/mol. The molecule has 0 spiro atoms. The van der Waals surface area contributed by atoms with Gasteiger partial charge in [0, 0.05) is 9.90 Å². The maximum Gasteiger partial charge on any atom is 0.332 e. The summed E-state index contributed by atoms with van der Waals surface area (Å²) in [6.45, 7) is 0.655. The summed E-state index contributed by atoms with van der Waals surface area (Å²) in [5.74, 6) is 0. The van der Waals surface area contributed by atoms with Gasteiger partial charge in [-0.2, -0.15) is 0 Å². The molecule has 2 heterocycles. The largest absolute Gasteiger partial charge is 0.332 e. The van der Waals surface area contributed by atoms with E-state index in [9.17, 15) is 9.59 Å². The SMILES string of the molecule is O=c1c2ccccc2n(Cc2ccc(Cl)cc2)c(=O)n1Cc1cccs1. The standard InChI is InChI=1S/C20H15ClN2O2S/c21-15-9-7-14(8-10-15)12-22-18-6-2-1-5-17(18)19(24)23(20(22)25)13-16-4-3-11-26-16/h1-11H,12-13H2. The minimum atomic E-state index is -0.308. The maximum atomic E-state index is 13.1. The van der Waals surface area contributed by atoms with E-state index in [2.05, 4.69) is 0 Å². The van der Waals surface area contributed by atoms with Gasteiger partial charge in [0.05, 0.1) is 24.0 Å². The molecule has 0 fully saturated rings. The van der Waals surface area contributed by atoms with Crippen LogP contribution in [0, 0.1) is 0 Å². The Morgan fingerprint density at radius 2 is 1.62 bits per heavy atom. The number of thiophene rings is 1. The van der Waals surface area contributed by atoms with Gasteiger partial charge in [0.1, 0.15) is 0 Å². The van der Waals surface area contributed by atoms with Crippen molar-refractivity contribution in [3.05, 3.63) is 102 Å². The maximum absolute atomic E-state index is 13.1. The van der Waals surface area contributed by atoms with Gasteiger partial charge in [-0.3, -0.25) is 13.9 Å². The molecule has 0 bridgehead atoms. The van der Waals surface area contributed by atoms with Crippen molar-refractivity contribution in [3.63, 3.8) is 0 Å². The van der Waals surface area contributed by atoms with Gasteiger partial charge >= 0.3 is 5.69 Å². The van der Waals surface area contributed by atoms with Gasteiger partial charge in [0.2, 0.25) is 0 Å². The van der Waals surface area contributed by atoms with Gasteiger partial charge in [-0.1, -0.05) is 41.9 Å². The Kier molecular flexibility index (Phi) is 4.49. The van der Waals surface area contributed by atoms with Gasteiger partial charge in [-0.25, -0.2) is 4.79 Å². The Balaban J connectivity index is 1.91. The lowest BCUT2D eigenvalue weighted by atomic mass is 10.2. The summed E-state index contributed by atoms with van der Waals surface area (Å²) < 4.78 is 2.96. The summed E-state index contributed by atoms with van der Waals surface area (Å²) in [7, 11) is 0. The number of nitrogens with zero attached hydrogens (tertiary/aromatic N) is 2. The topological polar surface area (TPSA) is 44.0 Å². The molecular formula is C20H15ClN2O2S. The first-order chi connectivity index (χ1) is 12.6. The van der Waals surface area contributed by atoms with Crippen LogP contribution in [0.5, 0.6) is 0 Å². The number of aromatic nitrogens is 2. The molecule has 26 heavy (non-hydrogen) atoms. The van der Waals surface area contributed by atoms with Crippen LogP contribution in [0.15, 0.2) is 75.6 Å². The molecule has 4 rings (SSSR count). The molecule has 6 heteroatoms. The molecule has 4 aromatic rings. The molecule has 0 unspecified atom stereocenters. The highest BCUT2D eigenvalue weighted by molar-refractivity contribution is 7.09. The molecule has 0 aliphatic rings. The van der Waals surface area contributed by atoms with Gasteiger partial charge in [-0.05, 0) is 41.3 Å². The van der Waals surface area contributed by atoms with Crippen LogP contribution in [0.25, 0.3) is 10.9 Å². The quantitative estimate of drug-likeness (QED) is 0.536. The van der Waals surface area contributed by atoms with E-state index in [-0.39, 0.29) is 17.8 Å². The Morgan fingerprint density at radius 3 is 2.35 bits per heavy atom. The van der Waals surface area contributed by atoms with Gasteiger partial charge in [-0.15, -0.1) is 11.3 Å². The van der Waals surface area contributed by atoms with E-state index in [1.54, 1.807) is 22.8 Å². The molecule has 0 amide bonds. The van der Waals surface area contributed by atoms with E-state index < -0.39 is 0 Å². The lowest BCUT2D eigenvalue weighted by Crippen LogP contribution is -2.40. The fourth-order valence-corrected chi connectivity index (χ4v) is 3.81. The predicted molar refractivity (Wildman–Crippen MR) is 106 cm³/mol. The minimum absolute atomic E-state index is 0.258. The lowest BCUT2D eigenvalue weighted by Gasteiger charge is -2.14. The number of para-hydroxylation sites is 1. The molecule has 0 saturated carbocycles. The third kappa shape index (κ3) is 3.11. The van der Waals surface area contributed by atoms with E-state index in [4.69, 9.17) is 11.6 Å². The Morgan fingerprint density at radius 1 is 0.846 bits per heavy atom. The highest BCUT2D eigenvalue weighted by Gasteiger charge is 2.13. The van der Waals surface area contributed by atoms with Crippen molar-refractivity contribution in [2.45, 2.75) is 13.1 Å². The van der Waals surface area contributed by atoms with E-state index in [0.29, 0.717) is 22.5 Å². The van der Waals surface area contributed by atoms with E-state index in [1.807, 2.05) is 47.8 Å². The van der Waals surface area contributed by atoms with E-state index in [1.165, 1.54) is 15.9 Å². The average molecular weight is 383 g/mol. The molecule has 2 aromatic heterocycles. The first-order valence-corrected chi connectivity index (χ1v) is 9.38. The molecule has 0 radical (unpaired) electrons. The summed E-state index contributed by atoms with van der Waals surface area (Å²) in [5, 5.41) is 3.12. The number of hydrogen-bond acceptors (Lipinski definition) is 3. The smallest absolute Gasteiger partial charge is 0.289 e. The van der Waals surface area contributed by atoms with Crippen molar-refractivity contribution < 1.29 is 0 Å². The molecule has 0 atom stereocenters. The monoisotopic (exact) mass is 382 g/mol. The molecule has 0 aliphatic carbocycles. The van der Waals surface area contributed by atoms with Crippen LogP contribution in [-0.4, -0.2) is 9.13 Å². The van der Waals surface area contributed by atoms with Crippen LogP contribution in [0.3, 0.4) is 0 Å². The lowest BCUT2D eigenvalue weighted by molar-refractivity contribution is 0.639. The summed E-state index contributed by atoms with van der Waals surface area (Å²) in [4.78, 5) is 26.9. The highest BCUT2D eigenvalue weighted by Crippen LogP contribution is 2.14. The second-order valence-electron chi connectivity index (χ2n) is 5.98. The van der Waals surface area contributed by atoms with Gasteiger partial charge < -0.3 is 0 Å². The van der Waals surface area contributed by atoms with Crippen LogP contribution in [0.2, 0.25) is 5.02 Å². The first kappa shape index (κ1) is 16.8. The first-order valence-electron chi connectivity index (χ1n) is 8.13. The molecule has 4 nitrogen and oxygen atoms in total. The Hall–Kier alpha value is -2.63. The van der Waals surface area contributed by atoms with E-state index in [0.717, 1.165) is 10.4 Å². The van der Waals surface area contributed by atoms with Crippen LogP contribution >= 0.6 is 22.9 Å². The van der Waals surface area contributed by atoms with Crippen LogP contribution in [-0.2, 0) is 13.1 Å². The second kappa shape index (κ2) is 6.94. The zero-order chi connectivity index (χ0) is 18.1. The van der Waals surface area contributed by atoms with Crippen molar-refractivity contribution in [1.29, 1.82) is 0 Å². The normalized spacial score (nSPS) is 11.1. The summed E-state index contributed by atoms with van der Waals surface area (Å²) in [6.07, 6.45) is 0. The summed E-state index contributed by atoms with van der Waals surface area (Å²) in [5.41, 5.74) is 1.02. The van der Waals surface area contributed by atoms with Gasteiger partial charge in [0.15, 0.2) is 0 Å². The van der Waals surface area contributed by atoms with Crippen molar-refractivity contribution in [2.24, 2.45) is 0 Å². The van der Waals surface area contributed by atoms with Crippen molar-refractivity contribution in [2.75, 3.05) is 0 Å². The van der Waals surface area contributed by atoms with Crippen molar-refractivity contribution in [1.82, 2.24) is 9.13 Å². The predicted octanol–water partition coefficient (Wildman–Crippen LogP) is 3.97. The minimum Gasteiger partial charge on any atom is -0.289 e. The second-order valence-corrected chi connectivity index (χ2v) is 7.45. The van der Waals surface area contributed by atoms with Crippen LogP contribution < -0.4 is 11.2 Å². The number of benzene rings is 2. The Labute approximate surface area is 158 Å². The average Bonchev–Trinajstić information content (AvgIpc) is 3.17. The van der Waals surface area contributed by atoms with Crippen LogP contribution in [0.1, 0.15) is 10.4 Å². The number of hydrogen-bond donors (Lipinski definition) is 0. The van der Waals surface area contributed by atoms with Crippen molar-refractivity contribution >= 4 is 33.8 Å².